The van der Waals surface area contributed by atoms with Crippen molar-refractivity contribution in [2.75, 3.05) is 19.7 Å². The van der Waals surface area contributed by atoms with Crippen LogP contribution in [0.1, 0.15) is 32.4 Å². The number of pyridine rings is 1. The summed E-state index contributed by atoms with van der Waals surface area (Å²) in [7, 11) is 0. The summed E-state index contributed by atoms with van der Waals surface area (Å²) in [6.45, 7) is 7.27. The zero-order valence-corrected chi connectivity index (χ0v) is 14.9. The minimum atomic E-state index is -0.0628. The fraction of sp³-hybridized carbons (Fsp3) is 0.500. The van der Waals surface area contributed by atoms with Gasteiger partial charge in [-0.25, -0.2) is 0 Å². The number of rotatable bonds is 4. The average molecular weight is 339 g/mol. The number of benzene rings is 1. The third-order valence-corrected chi connectivity index (χ3v) is 5.41. The third-order valence-electron chi connectivity index (χ3n) is 5.41. The number of carbonyl (C=O) groups excluding carboxylic acids is 1. The Labute approximate surface area is 148 Å². The van der Waals surface area contributed by atoms with E-state index in [-0.39, 0.29) is 11.9 Å². The molecular formula is C20H25N3O2. The molecule has 2 aliphatic heterocycles. The Balaban J connectivity index is 1.53. The number of hydrogen-bond donors (Lipinski definition) is 0. The van der Waals surface area contributed by atoms with Crippen LogP contribution in [0.3, 0.4) is 0 Å². The van der Waals surface area contributed by atoms with E-state index in [0.717, 1.165) is 54.8 Å². The number of carbonyl (C=O) groups is 1. The smallest absolute Gasteiger partial charge is 0.239 e. The van der Waals surface area contributed by atoms with Gasteiger partial charge in [0.15, 0.2) is 0 Å². The van der Waals surface area contributed by atoms with E-state index in [4.69, 9.17) is 9.72 Å². The lowest BCUT2D eigenvalue weighted by atomic mass is 10.1. The van der Waals surface area contributed by atoms with Crippen molar-refractivity contribution in [2.24, 2.45) is 0 Å². The molecule has 0 unspecified atom stereocenters. The molecule has 25 heavy (non-hydrogen) atoms. The van der Waals surface area contributed by atoms with E-state index in [1.807, 2.05) is 32.0 Å². The summed E-state index contributed by atoms with van der Waals surface area (Å²) in [6.07, 6.45) is 2.26. The number of hydrogen-bond acceptors (Lipinski definition) is 4. The van der Waals surface area contributed by atoms with Crippen LogP contribution in [0.2, 0.25) is 0 Å². The molecule has 132 valence electrons. The summed E-state index contributed by atoms with van der Waals surface area (Å²) in [5, 5.41) is 1.08. The number of ether oxygens (including phenoxy) is 1. The van der Waals surface area contributed by atoms with Crippen molar-refractivity contribution in [1.29, 1.82) is 0 Å². The van der Waals surface area contributed by atoms with Crippen molar-refractivity contribution < 1.29 is 9.53 Å². The molecule has 1 aromatic carbocycles. The third kappa shape index (κ3) is 3.09. The van der Waals surface area contributed by atoms with Crippen molar-refractivity contribution in [3.8, 4) is 5.75 Å². The van der Waals surface area contributed by atoms with Crippen molar-refractivity contribution in [3.05, 3.63) is 36.0 Å². The van der Waals surface area contributed by atoms with Crippen molar-refractivity contribution in [1.82, 2.24) is 14.8 Å². The average Bonchev–Trinajstić information content (AvgIpc) is 3.08. The summed E-state index contributed by atoms with van der Waals surface area (Å²) >= 11 is 0. The molecule has 0 bridgehead atoms. The van der Waals surface area contributed by atoms with E-state index in [1.54, 1.807) is 0 Å². The second-order valence-corrected chi connectivity index (χ2v) is 7.02. The molecule has 2 aromatic rings. The molecule has 2 fully saturated rings. The maximum absolute atomic E-state index is 12.6. The maximum Gasteiger partial charge on any atom is 0.239 e. The van der Waals surface area contributed by atoms with Gasteiger partial charge in [0.05, 0.1) is 23.9 Å². The molecular weight excluding hydrogens is 314 g/mol. The molecule has 5 heteroatoms. The quantitative estimate of drug-likeness (QED) is 0.859. The van der Waals surface area contributed by atoms with E-state index >= 15 is 0 Å². The van der Waals surface area contributed by atoms with Crippen LogP contribution in [-0.4, -0.2) is 52.5 Å². The fourth-order valence-corrected chi connectivity index (χ4v) is 4.04. The van der Waals surface area contributed by atoms with E-state index in [1.165, 1.54) is 0 Å². The normalized spacial score (nSPS) is 23.9. The molecule has 2 atom stereocenters. The first-order valence-corrected chi connectivity index (χ1v) is 9.22. The van der Waals surface area contributed by atoms with Crippen LogP contribution < -0.4 is 4.74 Å². The Morgan fingerprint density at radius 3 is 3.00 bits per heavy atom. The highest BCUT2D eigenvalue weighted by Crippen LogP contribution is 2.27. The SMILES string of the molecule is CCOc1ccc2nc(CN3C[C@@H]4CCCN4C(=O)[C@@H]3C)ccc2c1. The fourth-order valence-electron chi connectivity index (χ4n) is 4.04. The highest BCUT2D eigenvalue weighted by molar-refractivity contribution is 5.83. The topological polar surface area (TPSA) is 45.7 Å². The summed E-state index contributed by atoms with van der Waals surface area (Å²) in [6, 6.07) is 10.5. The summed E-state index contributed by atoms with van der Waals surface area (Å²) in [5.74, 6) is 1.15. The molecule has 5 nitrogen and oxygen atoms in total. The standard InChI is InChI=1S/C20H25N3O2/c1-3-25-18-8-9-19-15(11-18)6-7-16(21-19)12-22-13-17-5-4-10-23(17)20(24)14(22)2/h6-9,11,14,17H,3-5,10,12-13H2,1-2H3/t14-,17-/m0/s1. The second kappa shape index (κ2) is 6.64. The molecule has 4 rings (SSSR count). The summed E-state index contributed by atoms with van der Waals surface area (Å²) in [4.78, 5) is 21.7. The molecule has 3 heterocycles. The monoisotopic (exact) mass is 339 g/mol. The number of amides is 1. The number of nitrogens with zero attached hydrogens (tertiary/aromatic N) is 3. The van der Waals surface area contributed by atoms with Crippen molar-refractivity contribution in [2.45, 2.75) is 45.3 Å². The first-order chi connectivity index (χ1) is 12.2. The van der Waals surface area contributed by atoms with E-state index in [9.17, 15) is 4.79 Å². The number of fused-ring (bicyclic) bond motifs is 2. The Bertz CT molecular complexity index is 792. The largest absolute Gasteiger partial charge is 0.494 e. The van der Waals surface area contributed by atoms with Gasteiger partial charge in [0.25, 0.3) is 0 Å². The lowest BCUT2D eigenvalue weighted by Gasteiger charge is -2.41. The molecule has 1 amide bonds. The van der Waals surface area contributed by atoms with Gasteiger partial charge in [-0.15, -0.1) is 0 Å². The predicted molar refractivity (Wildman–Crippen MR) is 97.5 cm³/mol. The van der Waals surface area contributed by atoms with Crippen LogP contribution in [-0.2, 0) is 11.3 Å². The number of piperazine rings is 1. The minimum Gasteiger partial charge on any atom is -0.494 e. The lowest BCUT2D eigenvalue weighted by molar-refractivity contribution is -0.143. The predicted octanol–water partition coefficient (Wildman–Crippen LogP) is 2.83. The second-order valence-electron chi connectivity index (χ2n) is 7.02. The van der Waals surface area contributed by atoms with Gasteiger partial charge < -0.3 is 9.64 Å². The Kier molecular flexibility index (Phi) is 4.34. The van der Waals surface area contributed by atoms with Gasteiger partial charge >= 0.3 is 0 Å². The van der Waals surface area contributed by atoms with Crippen LogP contribution in [0, 0.1) is 0 Å². The molecule has 0 radical (unpaired) electrons. The first-order valence-electron chi connectivity index (χ1n) is 9.22. The van der Waals surface area contributed by atoms with Crippen LogP contribution in [0.15, 0.2) is 30.3 Å². The molecule has 1 aromatic heterocycles. The van der Waals surface area contributed by atoms with Gasteiger partial charge in [-0.05, 0) is 51.0 Å². The number of aromatic nitrogens is 1. The van der Waals surface area contributed by atoms with Gasteiger partial charge in [0.2, 0.25) is 5.91 Å². The van der Waals surface area contributed by atoms with E-state index in [2.05, 4.69) is 21.9 Å². The Morgan fingerprint density at radius 1 is 1.28 bits per heavy atom. The van der Waals surface area contributed by atoms with Gasteiger partial charge in [0, 0.05) is 31.1 Å². The van der Waals surface area contributed by atoms with Crippen LogP contribution >= 0.6 is 0 Å². The summed E-state index contributed by atoms with van der Waals surface area (Å²) in [5.41, 5.74) is 1.99. The highest BCUT2D eigenvalue weighted by Gasteiger charge is 2.40. The van der Waals surface area contributed by atoms with Gasteiger partial charge in [-0.2, -0.15) is 0 Å². The highest BCUT2D eigenvalue weighted by atomic mass is 16.5. The molecule has 2 aliphatic rings. The zero-order valence-electron chi connectivity index (χ0n) is 14.9. The molecule has 0 saturated carbocycles. The summed E-state index contributed by atoms with van der Waals surface area (Å²) < 4.78 is 5.55. The molecule has 0 aliphatic carbocycles. The molecule has 2 saturated heterocycles. The van der Waals surface area contributed by atoms with Crippen LogP contribution in [0.5, 0.6) is 5.75 Å². The maximum atomic E-state index is 12.6. The van der Waals surface area contributed by atoms with Gasteiger partial charge in [0.1, 0.15) is 5.75 Å². The molecule has 0 N–H and O–H groups in total. The van der Waals surface area contributed by atoms with Gasteiger partial charge in [-0.3, -0.25) is 14.7 Å². The van der Waals surface area contributed by atoms with Crippen LogP contribution in [0.4, 0.5) is 0 Å². The van der Waals surface area contributed by atoms with E-state index in [0.29, 0.717) is 12.6 Å². The molecule has 0 spiro atoms. The van der Waals surface area contributed by atoms with Gasteiger partial charge in [-0.1, -0.05) is 6.07 Å². The van der Waals surface area contributed by atoms with E-state index < -0.39 is 0 Å². The first kappa shape index (κ1) is 16.3. The van der Waals surface area contributed by atoms with Crippen LogP contribution in [0.25, 0.3) is 10.9 Å². The minimum absolute atomic E-state index is 0.0628. The Hall–Kier alpha value is -2.14. The zero-order chi connectivity index (χ0) is 17.4. The Morgan fingerprint density at radius 2 is 2.16 bits per heavy atom. The lowest BCUT2D eigenvalue weighted by Crippen LogP contribution is -2.58. The van der Waals surface area contributed by atoms with Crippen molar-refractivity contribution >= 4 is 16.8 Å². The van der Waals surface area contributed by atoms with Crippen molar-refractivity contribution in [3.63, 3.8) is 0 Å².